The van der Waals surface area contributed by atoms with Gasteiger partial charge in [0, 0.05) is 12.8 Å². The molecular weight excluding hydrogens is 174 g/mol. The SMILES string of the molecule is CCC(C)C(O)C1CCC(F)(F)C1. The molecule has 1 N–H and O–H groups in total. The number of hydrogen-bond donors (Lipinski definition) is 1. The minimum Gasteiger partial charge on any atom is -0.393 e. The van der Waals surface area contributed by atoms with Crippen molar-refractivity contribution >= 4 is 0 Å². The van der Waals surface area contributed by atoms with Gasteiger partial charge in [0.15, 0.2) is 0 Å². The fraction of sp³-hybridized carbons (Fsp3) is 1.00. The lowest BCUT2D eigenvalue weighted by Gasteiger charge is -2.23. The molecule has 78 valence electrons. The predicted molar refractivity (Wildman–Crippen MR) is 47.7 cm³/mol. The molecule has 0 aromatic rings. The second-order valence-corrected chi connectivity index (χ2v) is 4.23. The van der Waals surface area contributed by atoms with Crippen molar-refractivity contribution in [3.05, 3.63) is 0 Å². The second-order valence-electron chi connectivity index (χ2n) is 4.23. The van der Waals surface area contributed by atoms with Gasteiger partial charge in [-0.2, -0.15) is 0 Å². The van der Waals surface area contributed by atoms with E-state index in [1.165, 1.54) is 0 Å². The van der Waals surface area contributed by atoms with Crippen LogP contribution in [0.3, 0.4) is 0 Å². The third kappa shape index (κ3) is 2.63. The fourth-order valence-corrected chi connectivity index (χ4v) is 1.98. The topological polar surface area (TPSA) is 20.2 Å². The number of aliphatic hydroxyl groups excluding tert-OH is 1. The van der Waals surface area contributed by atoms with Gasteiger partial charge >= 0.3 is 0 Å². The van der Waals surface area contributed by atoms with Gasteiger partial charge in [-0.05, 0) is 18.3 Å². The molecule has 0 saturated heterocycles. The molecule has 1 rings (SSSR count). The monoisotopic (exact) mass is 192 g/mol. The van der Waals surface area contributed by atoms with Gasteiger partial charge in [0.1, 0.15) is 0 Å². The molecule has 0 aliphatic heterocycles. The zero-order valence-corrected chi connectivity index (χ0v) is 8.26. The Balaban J connectivity index is 2.46. The number of halogens is 2. The molecule has 13 heavy (non-hydrogen) atoms. The van der Waals surface area contributed by atoms with Crippen molar-refractivity contribution in [3.8, 4) is 0 Å². The first-order valence-corrected chi connectivity index (χ1v) is 5.02. The van der Waals surface area contributed by atoms with Crippen LogP contribution in [0, 0.1) is 11.8 Å². The Morgan fingerprint density at radius 2 is 2.15 bits per heavy atom. The fourth-order valence-electron chi connectivity index (χ4n) is 1.98. The number of alkyl halides is 2. The van der Waals surface area contributed by atoms with Crippen LogP contribution in [0.15, 0.2) is 0 Å². The first kappa shape index (κ1) is 10.9. The largest absolute Gasteiger partial charge is 0.393 e. The van der Waals surface area contributed by atoms with Crippen molar-refractivity contribution in [3.63, 3.8) is 0 Å². The molecule has 3 heteroatoms. The molecule has 0 spiro atoms. The molecule has 3 unspecified atom stereocenters. The Morgan fingerprint density at radius 1 is 1.54 bits per heavy atom. The summed E-state index contributed by atoms with van der Waals surface area (Å²) in [7, 11) is 0. The van der Waals surface area contributed by atoms with Crippen LogP contribution in [-0.4, -0.2) is 17.1 Å². The van der Waals surface area contributed by atoms with Crippen molar-refractivity contribution in [2.75, 3.05) is 0 Å². The van der Waals surface area contributed by atoms with Gasteiger partial charge in [-0.3, -0.25) is 0 Å². The highest BCUT2D eigenvalue weighted by molar-refractivity contribution is 4.86. The third-order valence-electron chi connectivity index (χ3n) is 3.15. The molecule has 3 atom stereocenters. The van der Waals surface area contributed by atoms with E-state index in [-0.39, 0.29) is 24.7 Å². The molecule has 0 aromatic carbocycles. The molecule has 1 aliphatic carbocycles. The summed E-state index contributed by atoms with van der Waals surface area (Å²) in [6.45, 7) is 3.89. The number of aliphatic hydroxyl groups is 1. The first-order valence-electron chi connectivity index (χ1n) is 5.02. The summed E-state index contributed by atoms with van der Waals surface area (Å²) in [5, 5.41) is 9.72. The number of hydrogen-bond acceptors (Lipinski definition) is 1. The summed E-state index contributed by atoms with van der Waals surface area (Å²) in [5.74, 6) is -2.58. The van der Waals surface area contributed by atoms with E-state index in [9.17, 15) is 13.9 Å². The van der Waals surface area contributed by atoms with Crippen molar-refractivity contribution in [2.45, 2.75) is 51.6 Å². The third-order valence-corrected chi connectivity index (χ3v) is 3.15. The van der Waals surface area contributed by atoms with Crippen LogP contribution in [0.4, 0.5) is 8.78 Å². The second kappa shape index (κ2) is 3.91. The highest BCUT2D eigenvalue weighted by Gasteiger charge is 2.42. The van der Waals surface area contributed by atoms with E-state index >= 15 is 0 Å². The van der Waals surface area contributed by atoms with E-state index in [1.54, 1.807) is 0 Å². The Morgan fingerprint density at radius 3 is 2.54 bits per heavy atom. The van der Waals surface area contributed by atoms with Gasteiger partial charge in [0.05, 0.1) is 6.10 Å². The van der Waals surface area contributed by atoms with Gasteiger partial charge in [-0.1, -0.05) is 20.3 Å². The van der Waals surface area contributed by atoms with Crippen molar-refractivity contribution in [1.29, 1.82) is 0 Å². The van der Waals surface area contributed by atoms with E-state index in [1.807, 2.05) is 13.8 Å². The Hall–Kier alpha value is -0.180. The molecule has 1 nitrogen and oxygen atoms in total. The van der Waals surface area contributed by atoms with Crippen molar-refractivity contribution in [2.24, 2.45) is 11.8 Å². The van der Waals surface area contributed by atoms with Crippen LogP contribution in [0.25, 0.3) is 0 Å². The Labute approximate surface area is 78.1 Å². The highest BCUT2D eigenvalue weighted by Crippen LogP contribution is 2.41. The molecule has 0 heterocycles. The van der Waals surface area contributed by atoms with Crippen LogP contribution < -0.4 is 0 Å². The molecule has 0 bridgehead atoms. The normalized spacial score (nSPS) is 31.6. The molecule has 0 radical (unpaired) electrons. The molecule has 1 saturated carbocycles. The molecular formula is C10H18F2O. The summed E-state index contributed by atoms with van der Waals surface area (Å²) < 4.78 is 25.6. The highest BCUT2D eigenvalue weighted by atomic mass is 19.3. The summed E-state index contributed by atoms with van der Waals surface area (Å²) in [4.78, 5) is 0. The van der Waals surface area contributed by atoms with Crippen LogP contribution in [0.2, 0.25) is 0 Å². The maximum absolute atomic E-state index is 12.8. The molecule has 1 fully saturated rings. The Bertz CT molecular complexity index is 170. The van der Waals surface area contributed by atoms with Gasteiger partial charge in [0.25, 0.3) is 0 Å². The summed E-state index contributed by atoms with van der Waals surface area (Å²) in [6, 6.07) is 0. The van der Waals surface area contributed by atoms with Crippen molar-refractivity contribution < 1.29 is 13.9 Å². The Kier molecular flexibility index (Phi) is 3.28. The summed E-state index contributed by atoms with van der Waals surface area (Å²) >= 11 is 0. The minimum absolute atomic E-state index is 0.0504. The predicted octanol–water partition coefficient (Wildman–Crippen LogP) is 2.83. The number of rotatable bonds is 3. The average molecular weight is 192 g/mol. The van der Waals surface area contributed by atoms with Crippen LogP contribution in [0.1, 0.15) is 39.5 Å². The lowest BCUT2D eigenvalue weighted by molar-refractivity contribution is -0.0120. The van der Waals surface area contributed by atoms with Crippen LogP contribution in [0.5, 0.6) is 0 Å². The average Bonchev–Trinajstić information content (AvgIpc) is 2.43. The lowest BCUT2D eigenvalue weighted by atomic mass is 9.89. The van der Waals surface area contributed by atoms with Gasteiger partial charge in [-0.25, -0.2) is 8.78 Å². The summed E-state index contributed by atoms with van der Waals surface area (Å²) in [5.41, 5.74) is 0. The molecule has 0 amide bonds. The maximum atomic E-state index is 12.8. The zero-order chi connectivity index (χ0) is 10.1. The standard InChI is InChI=1S/C10H18F2O/c1-3-7(2)9(13)8-4-5-10(11,12)6-8/h7-9,13H,3-6H2,1-2H3. The van der Waals surface area contributed by atoms with Crippen LogP contribution in [-0.2, 0) is 0 Å². The zero-order valence-electron chi connectivity index (χ0n) is 8.26. The van der Waals surface area contributed by atoms with Crippen LogP contribution >= 0.6 is 0 Å². The van der Waals surface area contributed by atoms with E-state index in [2.05, 4.69) is 0 Å². The van der Waals surface area contributed by atoms with Gasteiger partial charge < -0.3 is 5.11 Å². The van der Waals surface area contributed by atoms with Crippen molar-refractivity contribution in [1.82, 2.24) is 0 Å². The first-order chi connectivity index (χ1) is 5.96. The smallest absolute Gasteiger partial charge is 0.248 e. The van der Waals surface area contributed by atoms with E-state index < -0.39 is 12.0 Å². The van der Waals surface area contributed by atoms with E-state index in [0.29, 0.717) is 6.42 Å². The van der Waals surface area contributed by atoms with E-state index in [0.717, 1.165) is 6.42 Å². The van der Waals surface area contributed by atoms with Gasteiger partial charge in [0.2, 0.25) is 5.92 Å². The molecule has 1 aliphatic rings. The minimum atomic E-state index is -2.53. The maximum Gasteiger partial charge on any atom is 0.248 e. The summed E-state index contributed by atoms with van der Waals surface area (Å²) in [6.07, 6.45) is 0.601. The quantitative estimate of drug-likeness (QED) is 0.729. The van der Waals surface area contributed by atoms with Gasteiger partial charge in [-0.15, -0.1) is 0 Å². The lowest BCUT2D eigenvalue weighted by Crippen LogP contribution is -2.26. The van der Waals surface area contributed by atoms with E-state index in [4.69, 9.17) is 0 Å². The molecule has 0 aromatic heterocycles.